The summed E-state index contributed by atoms with van der Waals surface area (Å²) >= 11 is 1.72. The molecular weight excluding hydrogens is 258 g/mol. The van der Waals surface area contributed by atoms with Gasteiger partial charge in [-0.1, -0.05) is 24.6 Å². The van der Waals surface area contributed by atoms with Crippen LogP contribution in [0.25, 0.3) is 0 Å². The SMILES string of the molecule is CCN(CC)c1nc(N)nc(SCC2CCCC2)n1. The second kappa shape index (κ2) is 6.93. The minimum absolute atomic E-state index is 0.325. The number of hydrogen-bond acceptors (Lipinski definition) is 6. The Morgan fingerprint density at radius 1 is 1.16 bits per heavy atom. The number of aromatic nitrogens is 3. The smallest absolute Gasteiger partial charge is 0.231 e. The molecule has 1 saturated carbocycles. The molecule has 2 rings (SSSR count). The van der Waals surface area contributed by atoms with Gasteiger partial charge in [0.05, 0.1) is 0 Å². The fourth-order valence-corrected chi connectivity index (χ4v) is 3.47. The van der Waals surface area contributed by atoms with Gasteiger partial charge in [0, 0.05) is 18.8 Å². The van der Waals surface area contributed by atoms with Gasteiger partial charge in [-0.25, -0.2) is 0 Å². The van der Waals surface area contributed by atoms with E-state index in [1.807, 2.05) is 0 Å². The first kappa shape index (κ1) is 14.4. The van der Waals surface area contributed by atoms with Gasteiger partial charge in [-0.3, -0.25) is 0 Å². The highest BCUT2D eigenvalue weighted by molar-refractivity contribution is 7.99. The maximum atomic E-state index is 5.79. The summed E-state index contributed by atoms with van der Waals surface area (Å²) in [7, 11) is 0. The Hall–Kier alpha value is -1.04. The third-order valence-corrected chi connectivity index (χ3v) is 4.67. The van der Waals surface area contributed by atoms with Gasteiger partial charge in [-0.15, -0.1) is 0 Å². The first-order chi connectivity index (χ1) is 9.22. The molecule has 0 aliphatic heterocycles. The maximum Gasteiger partial charge on any atom is 0.231 e. The van der Waals surface area contributed by atoms with Crippen LogP contribution >= 0.6 is 11.8 Å². The molecule has 5 nitrogen and oxygen atoms in total. The lowest BCUT2D eigenvalue weighted by Gasteiger charge is -2.18. The second-order valence-corrected chi connectivity index (χ2v) is 5.90. The van der Waals surface area contributed by atoms with Gasteiger partial charge in [0.2, 0.25) is 11.9 Å². The molecule has 0 bridgehead atoms. The fraction of sp³-hybridized carbons (Fsp3) is 0.769. The topological polar surface area (TPSA) is 67.9 Å². The molecule has 2 N–H and O–H groups in total. The van der Waals surface area contributed by atoms with Gasteiger partial charge in [0.25, 0.3) is 0 Å². The molecule has 1 aromatic rings. The standard InChI is InChI=1S/C13H23N5S/c1-3-18(4-2)12-15-11(14)16-13(17-12)19-9-10-7-5-6-8-10/h10H,3-9H2,1-2H3,(H2,14,15,16,17). The Morgan fingerprint density at radius 2 is 1.84 bits per heavy atom. The number of nitrogens with two attached hydrogens (primary N) is 1. The third kappa shape index (κ3) is 3.96. The van der Waals surface area contributed by atoms with Crippen molar-refractivity contribution in [3.05, 3.63) is 0 Å². The lowest BCUT2D eigenvalue weighted by molar-refractivity contribution is 0.622. The van der Waals surface area contributed by atoms with Crippen molar-refractivity contribution in [2.45, 2.75) is 44.7 Å². The number of nitrogen functional groups attached to an aromatic ring is 1. The molecule has 1 aliphatic carbocycles. The summed E-state index contributed by atoms with van der Waals surface area (Å²) in [5.41, 5.74) is 5.79. The van der Waals surface area contributed by atoms with Crippen LogP contribution < -0.4 is 10.6 Å². The zero-order valence-electron chi connectivity index (χ0n) is 11.8. The van der Waals surface area contributed by atoms with E-state index in [9.17, 15) is 0 Å². The van der Waals surface area contributed by atoms with E-state index in [1.165, 1.54) is 25.7 Å². The van der Waals surface area contributed by atoms with E-state index in [-0.39, 0.29) is 0 Å². The van der Waals surface area contributed by atoms with Crippen LogP contribution in [-0.4, -0.2) is 33.8 Å². The zero-order chi connectivity index (χ0) is 13.7. The normalized spacial score (nSPS) is 15.9. The van der Waals surface area contributed by atoms with E-state index < -0.39 is 0 Å². The Labute approximate surface area is 119 Å². The van der Waals surface area contributed by atoms with Crippen molar-refractivity contribution in [2.75, 3.05) is 29.5 Å². The Balaban J connectivity index is 2.03. The maximum absolute atomic E-state index is 5.79. The van der Waals surface area contributed by atoms with Crippen molar-refractivity contribution in [3.63, 3.8) is 0 Å². The molecule has 1 heterocycles. The van der Waals surface area contributed by atoms with Crippen LogP contribution in [0.5, 0.6) is 0 Å². The third-order valence-electron chi connectivity index (χ3n) is 3.59. The van der Waals surface area contributed by atoms with Gasteiger partial charge >= 0.3 is 0 Å². The van der Waals surface area contributed by atoms with Crippen LogP contribution in [0.4, 0.5) is 11.9 Å². The van der Waals surface area contributed by atoms with E-state index in [1.54, 1.807) is 11.8 Å². The molecule has 1 aliphatic rings. The van der Waals surface area contributed by atoms with Crippen molar-refractivity contribution in [2.24, 2.45) is 5.92 Å². The van der Waals surface area contributed by atoms with Gasteiger partial charge in [-0.05, 0) is 32.6 Å². The lowest BCUT2D eigenvalue weighted by Crippen LogP contribution is -2.25. The summed E-state index contributed by atoms with van der Waals surface area (Å²) in [5.74, 6) is 2.94. The van der Waals surface area contributed by atoms with Gasteiger partial charge in [0.1, 0.15) is 0 Å². The molecule has 0 atom stereocenters. The first-order valence-electron chi connectivity index (χ1n) is 7.12. The van der Waals surface area contributed by atoms with Crippen molar-refractivity contribution in [3.8, 4) is 0 Å². The number of hydrogen-bond donors (Lipinski definition) is 1. The Kier molecular flexibility index (Phi) is 5.24. The van der Waals surface area contributed by atoms with Crippen molar-refractivity contribution in [1.29, 1.82) is 0 Å². The van der Waals surface area contributed by atoms with Crippen molar-refractivity contribution < 1.29 is 0 Å². The Morgan fingerprint density at radius 3 is 2.47 bits per heavy atom. The largest absolute Gasteiger partial charge is 0.368 e. The Bertz CT molecular complexity index is 402. The molecule has 19 heavy (non-hydrogen) atoms. The average Bonchev–Trinajstić information content (AvgIpc) is 2.90. The predicted molar refractivity (Wildman–Crippen MR) is 80.5 cm³/mol. The van der Waals surface area contributed by atoms with E-state index in [0.717, 1.165) is 29.9 Å². The molecule has 0 spiro atoms. The van der Waals surface area contributed by atoms with Crippen LogP contribution in [-0.2, 0) is 0 Å². The van der Waals surface area contributed by atoms with E-state index in [0.29, 0.717) is 11.9 Å². The van der Waals surface area contributed by atoms with Crippen molar-refractivity contribution >= 4 is 23.7 Å². The van der Waals surface area contributed by atoms with E-state index >= 15 is 0 Å². The molecular formula is C13H23N5S. The second-order valence-electron chi connectivity index (χ2n) is 4.91. The predicted octanol–water partition coefficient (Wildman–Crippen LogP) is 2.58. The lowest BCUT2D eigenvalue weighted by atomic mass is 10.1. The number of thioether (sulfide) groups is 1. The summed E-state index contributed by atoms with van der Waals surface area (Å²) in [4.78, 5) is 15.1. The molecule has 0 amide bonds. The van der Waals surface area contributed by atoms with E-state index in [2.05, 4.69) is 33.7 Å². The highest BCUT2D eigenvalue weighted by Gasteiger charge is 2.17. The fourth-order valence-electron chi connectivity index (χ4n) is 2.44. The number of nitrogens with zero attached hydrogens (tertiary/aromatic N) is 4. The zero-order valence-corrected chi connectivity index (χ0v) is 12.6. The monoisotopic (exact) mass is 281 g/mol. The van der Waals surface area contributed by atoms with Crippen LogP contribution in [0.1, 0.15) is 39.5 Å². The molecule has 0 aromatic carbocycles. The van der Waals surface area contributed by atoms with Crippen LogP contribution in [0.15, 0.2) is 5.16 Å². The summed E-state index contributed by atoms with van der Waals surface area (Å²) < 4.78 is 0. The molecule has 106 valence electrons. The number of anilines is 2. The average molecular weight is 281 g/mol. The molecule has 0 saturated heterocycles. The van der Waals surface area contributed by atoms with Crippen LogP contribution in [0.2, 0.25) is 0 Å². The van der Waals surface area contributed by atoms with Gasteiger partial charge < -0.3 is 10.6 Å². The number of rotatable bonds is 6. The minimum atomic E-state index is 0.325. The van der Waals surface area contributed by atoms with Crippen LogP contribution in [0.3, 0.4) is 0 Å². The first-order valence-corrected chi connectivity index (χ1v) is 8.10. The molecule has 0 unspecified atom stereocenters. The molecule has 1 fully saturated rings. The quantitative estimate of drug-likeness (QED) is 0.808. The summed E-state index contributed by atoms with van der Waals surface area (Å²) in [5, 5.41) is 0.765. The van der Waals surface area contributed by atoms with Gasteiger partial charge in [-0.2, -0.15) is 15.0 Å². The molecule has 0 radical (unpaired) electrons. The highest BCUT2D eigenvalue weighted by atomic mass is 32.2. The van der Waals surface area contributed by atoms with E-state index in [4.69, 9.17) is 5.73 Å². The minimum Gasteiger partial charge on any atom is -0.368 e. The van der Waals surface area contributed by atoms with Gasteiger partial charge in [0.15, 0.2) is 5.16 Å². The van der Waals surface area contributed by atoms with Crippen molar-refractivity contribution in [1.82, 2.24) is 15.0 Å². The summed E-state index contributed by atoms with van der Waals surface area (Å²) in [6, 6.07) is 0. The summed E-state index contributed by atoms with van der Waals surface area (Å²) in [6.07, 6.45) is 5.43. The summed E-state index contributed by atoms with van der Waals surface area (Å²) in [6.45, 7) is 5.95. The highest BCUT2D eigenvalue weighted by Crippen LogP contribution is 2.30. The molecule has 1 aromatic heterocycles. The molecule has 6 heteroatoms. The van der Waals surface area contributed by atoms with Crippen LogP contribution in [0, 0.1) is 5.92 Å².